The van der Waals surface area contributed by atoms with Gasteiger partial charge in [-0.15, -0.1) is 0 Å². The van der Waals surface area contributed by atoms with Gasteiger partial charge in [-0.3, -0.25) is 4.90 Å². The molecule has 17 heavy (non-hydrogen) atoms. The second kappa shape index (κ2) is 3.43. The van der Waals surface area contributed by atoms with Crippen LogP contribution in [0.25, 0.3) is 11.0 Å². The molecule has 4 heteroatoms. The maximum absolute atomic E-state index is 5.45. The summed E-state index contributed by atoms with van der Waals surface area (Å²) in [5.41, 5.74) is 3.93. The first-order valence-corrected chi connectivity index (χ1v) is 6.68. The van der Waals surface area contributed by atoms with E-state index in [0.29, 0.717) is 6.04 Å². The van der Waals surface area contributed by atoms with Crippen molar-refractivity contribution in [3.8, 4) is 0 Å². The molecule has 3 heterocycles. The second-order valence-corrected chi connectivity index (χ2v) is 5.51. The molecule has 2 aromatic rings. The van der Waals surface area contributed by atoms with Gasteiger partial charge in [0.25, 0.3) is 0 Å². The molecule has 1 atom stereocenters. The van der Waals surface area contributed by atoms with E-state index in [1.54, 1.807) is 0 Å². The Bertz CT molecular complexity index is 640. The summed E-state index contributed by atoms with van der Waals surface area (Å²) in [7, 11) is 0. The number of hydrogen-bond donors (Lipinski definition) is 1. The van der Waals surface area contributed by atoms with Gasteiger partial charge in [0, 0.05) is 19.1 Å². The van der Waals surface area contributed by atoms with Crippen LogP contribution in [0.5, 0.6) is 0 Å². The van der Waals surface area contributed by atoms with E-state index in [-0.39, 0.29) is 0 Å². The largest absolute Gasteiger partial charge is 0.331 e. The molecule has 1 aromatic carbocycles. The van der Waals surface area contributed by atoms with E-state index in [4.69, 9.17) is 12.2 Å². The molecule has 4 rings (SSSR count). The summed E-state index contributed by atoms with van der Waals surface area (Å²) < 4.78 is 3.18. The van der Waals surface area contributed by atoms with Crippen LogP contribution in [0.4, 0.5) is 0 Å². The summed E-state index contributed by atoms with van der Waals surface area (Å²) in [5.74, 6) is 0. The molecule has 88 valence electrons. The Hall–Kier alpha value is -1.13. The molecular weight excluding hydrogens is 230 g/mol. The van der Waals surface area contributed by atoms with Crippen LogP contribution in [0.3, 0.4) is 0 Å². The minimum atomic E-state index is 0.674. The number of fused-ring (bicyclic) bond motifs is 1. The van der Waals surface area contributed by atoms with Crippen LogP contribution in [0.1, 0.15) is 18.4 Å². The molecule has 0 radical (unpaired) electrons. The third-order valence-electron chi connectivity index (χ3n) is 4.14. The zero-order valence-electron chi connectivity index (χ0n) is 9.65. The highest BCUT2D eigenvalue weighted by Gasteiger charge is 2.29. The molecule has 3 nitrogen and oxygen atoms in total. The highest BCUT2D eigenvalue weighted by molar-refractivity contribution is 7.71. The first-order chi connectivity index (χ1) is 8.33. The van der Waals surface area contributed by atoms with Crippen LogP contribution in [-0.2, 0) is 13.1 Å². The molecule has 0 aliphatic carbocycles. The predicted molar refractivity (Wildman–Crippen MR) is 70.6 cm³/mol. The summed E-state index contributed by atoms with van der Waals surface area (Å²) in [6, 6.07) is 7.17. The quantitative estimate of drug-likeness (QED) is 0.722. The molecule has 1 fully saturated rings. The zero-order chi connectivity index (χ0) is 11.4. The smallest absolute Gasteiger partial charge is 0.178 e. The van der Waals surface area contributed by atoms with Gasteiger partial charge < -0.3 is 9.55 Å². The lowest BCUT2D eigenvalue weighted by Gasteiger charge is -2.21. The van der Waals surface area contributed by atoms with Crippen molar-refractivity contribution in [3.63, 3.8) is 0 Å². The van der Waals surface area contributed by atoms with Crippen LogP contribution in [0, 0.1) is 4.77 Å². The highest BCUT2D eigenvalue weighted by atomic mass is 32.1. The zero-order valence-corrected chi connectivity index (χ0v) is 10.5. The normalized spacial score (nSPS) is 23.9. The number of aromatic amines is 1. The van der Waals surface area contributed by atoms with Crippen LogP contribution < -0.4 is 0 Å². The molecule has 0 spiro atoms. The lowest BCUT2D eigenvalue weighted by Crippen LogP contribution is -2.30. The fourth-order valence-corrected chi connectivity index (χ4v) is 3.61. The average molecular weight is 245 g/mol. The molecule has 0 unspecified atom stereocenters. The number of imidazole rings is 1. The molecule has 2 aliphatic heterocycles. The third-order valence-corrected chi connectivity index (χ3v) is 4.46. The fraction of sp³-hybridized carbons (Fsp3) is 0.462. The summed E-state index contributed by atoms with van der Waals surface area (Å²) >= 11 is 5.45. The van der Waals surface area contributed by atoms with Crippen molar-refractivity contribution in [2.75, 3.05) is 6.54 Å². The van der Waals surface area contributed by atoms with Gasteiger partial charge in [0.15, 0.2) is 4.77 Å². The number of nitrogens with zero attached hydrogens (tertiary/aromatic N) is 2. The monoisotopic (exact) mass is 245 g/mol. The number of aromatic nitrogens is 2. The summed E-state index contributed by atoms with van der Waals surface area (Å²) in [4.78, 5) is 5.93. The Balaban J connectivity index is 2.01. The maximum Gasteiger partial charge on any atom is 0.178 e. The minimum Gasteiger partial charge on any atom is -0.331 e. The van der Waals surface area contributed by atoms with E-state index in [0.717, 1.165) is 17.9 Å². The predicted octanol–water partition coefficient (Wildman–Crippen LogP) is 2.68. The van der Waals surface area contributed by atoms with Crippen LogP contribution in [-0.4, -0.2) is 27.0 Å². The van der Waals surface area contributed by atoms with E-state index in [2.05, 4.69) is 32.7 Å². The molecule has 1 saturated heterocycles. The van der Waals surface area contributed by atoms with Crippen molar-refractivity contribution in [1.29, 1.82) is 0 Å². The summed E-state index contributed by atoms with van der Waals surface area (Å²) in [5, 5.41) is 0. The molecule has 0 bridgehead atoms. The summed E-state index contributed by atoms with van der Waals surface area (Å²) in [6.45, 7) is 3.37. The van der Waals surface area contributed by atoms with E-state index in [1.807, 2.05) is 0 Å². The number of benzene rings is 1. The topological polar surface area (TPSA) is 24.0 Å². The number of para-hydroxylation sites is 1. The Labute approximate surface area is 105 Å². The van der Waals surface area contributed by atoms with E-state index >= 15 is 0 Å². The first kappa shape index (κ1) is 9.85. The van der Waals surface area contributed by atoms with E-state index in [9.17, 15) is 0 Å². The number of H-pyrrole nitrogens is 1. The number of rotatable bonds is 0. The minimum absolute atomic E-state index is 0.674. The Morgan fingerprint density at radius 2 is 2.29 bits per heavy atom. The van der Waals surface area contributed by atoms with Crippen molar-refractivity contribution >= 4 is 23.3 Å². The lowest BCUT2D eigenvalue weighted by atomic mass is 10.2. The van der Waals surface area contributed by atoms with Gasteiger partial charge in [0.2, 0.25) is 0 Å². The van der Waals surface area contributed by atoms with Gasteiger partial charge in [-0.1, -0.05) is 12.1 Å². The lowest BCUT2D eigenvalue weighted by molar-refractivity contribution is 0.233. The van der Waals surface area contributed by atoms with Gasteiger partial charge in [0.05, 0.1) is 11.0 Å². The first-order valence-electron chi connectivity index (χ1n) is 6.27. The van der Waals surface area contributed by atoms with E-state index in [1.165, 1.54) is 36.0 Å². The molecule has 1 N–H and O–H groups in total. The van der Waals surface area contributed by atoms with Gasteiger partial charge >= 0.3 is 0 Å². The maximum atomic E-state index is 5.45. The summed E-state index contributed by atoms with van der Waals surface area (Å²) in [6.07, 6.45) is 2.64. The Morgan fingerprint density at radius 1 is 1.35 bits per heavy atom. The number of hydrogen-bond acceptors (Lipinski definition) is 2. The van der Waals surface area contributed by atoms with Gasteiger partial charge in [-0.25, -0.2) is 0 Å². The van der Waals surface area contributed by atoms with Crippen molar-refractivity contribution in [2.45, 2.75) is 32.0 Å². The molecular formula is C13H15N3S. The van der Waals surface area contributed by atoms with Crippen molar-refractivity contribution in [1.82, 2.24) is 14.5 Å². The Morgan fingerprint density at radius 3 is 3.24 bits per heavy atom. The van der Waals surface area contributed by atoms with Crippen LogP contribution in [0.15, 0.2) is 18.2 Å². The molecule has 0 amide bonds. The highest BCUT2D eigenvalue weighted by Crippen LogP contribution is 2.29. The number of nitrogens with one attached hydrogen (secondary N) is 1. The van der Waals surface area contributed by atoms with Gasteiger partial charge in [0.1, 0.15) is 0 Å². The molecule has 0 saturated carbocycles. The third kappa shape index (κ3) is 1.34. The molecule has 1 aromatic heterocycles. The van der Waals surface area contributed by atoms with Crippen molar-refractivity contribution in [2.24, 2.45) is 0 Å². The van der Waals surface area contributed by atoms with Crippen LogP contribution >= 0.6 is 12.2 Å². The fourth-order valence-electron chi connectivity index (χ4n) is 3.34. The standard InChI is InChI=1S/C13H15N3S/c17-13-14-11-5-1-3-9-7-15-6-2-4-10(15)8-16(13)12(9)11/h1,3,5,10H,2,4,6-8H2,(H,14,17)/t10-/m0/s1. The van der Waals surface area contributed by atoms with Crippen molar-refractivity contribution in [3.05, 3.63) is 28.5 Å². The van der Waals surface area contributed by atoms with E-state index < -0.39 is 0 Å². The van der Waals surface area contributed by atoms with Crippen LogP contribution in [0.2, 0.25) is 0 Å². The SMILES string of the molecule is S=c1[nH]c2cccc3c2n1C[C@@H]1CCCN1C3. The second-order valence-electron chi connectivity index (χ2n) is 5.12. The van der Waals surface area contributed by atoms with Gasteiger partial charge in [-0.2, -0.15) is 0 Å². The molecule has 2 aliphatic rings. The Kier molecular flexibility index (Phi) is 1.99. The average Bonchev–Trinajstić information content (AvgIpc) is 2.82. The van der Waals surface area contributed by atoms with Crippen molar-refractivity contribution < 1.29 is 0 Å². The van der Waals surface area contributed by atoms with Gasteiger partial charge in [-0.05, 0) is 43.2 Å².